The summed E-state index contributed by atoms with van der Waals surface area (Å²) in [6.45, 7) is 6.58. The van der Waals surface area contributed by atoms with Crippen molar-refractivity contribution in [3.8, 4) is 0 Å². The van der Waals surface area contributed by atoms with E-state index in [-0.39, 0.29) is 6.03 Å². The van der Waals surface area contributed by atoms with Crippen molar-refractivity contribution in [3.05, 3.63) is 65.7 Å². The fraction of sp³-hybridized carbons (Fsp3) is 0.381. The minimum Gasteiger partial charge on any atom is -0.337 e. The van der Waals surface area contributed by atoms with E-state index >= 15 is 0 Å². The van der Waals surface area contributed by atoms with Crippen LogP contribution < -0.4 is 10.6 Å². The number of aryl methyl sites for hydroxylation is 1. The predicted molar refractivity (Wildman–Crippen MR) is 106 cm³/mol. The Morgan fingerprint density at radius 3 is 2.54 bits per heavy atom. The molecule has 1 aliphatic heterocycles. The highest BCUT2D eigenvalue weighted by Gasteiger charge is 2.26. The normalized spacial score (nSPS) is 18.5. The zero-order chi connectivity index (χ0) is 18.4. The van der Waals surface area contributed by atoms with Crippen molar-refractivity contribution in [2.45, 2.75) is 13.0 Å². The number of piperazine rings is 1. The molecule has 0 aliphatic carbocycles. The minimum atomic E-state index is -0.153. The number of carbonyl (C=O) groups excluding carboxylic acids is 1. The topological polar surface area (TPSA) is 47.6 Å². The third-order valence-corrected chi connectivity index (χ3v) is 4.87. The lowest BCUT2D eigenvalue weighted by molar-refractivity contribution is 0.0913. The molecule has 2 amide bonds. The Labute approximate surface area is 156 Å². The van der Waals surface area contributed by atoms with E-state index in [1.807, 2.05) is 31.2 Å². The van der Waals surface area contributed by atoms with E-state index in [2.05, 4.69) is 57.8 Å². The molecule has 0 saturated carbocycles. The first kappa shape index (κ1) is 18.4. The molecule has 2 aromatic rings. The van der Waals surface area contributed by atoms with Crippen LogP contribution in [0.2, 0.25) is 0 Å². The second kappa shape index (κ2) is 8.83. The molecule has 2 N–H and O–H groups in total. The van der Waals surface area contributed by atoms with E-state index in [4.69, 9.17) is 0 Å². The molecule has 26 heavy (non-hydrogen) atoms. The number of benzene rings is 2. The van der Waals surface area contributed by atoms with Gasteiger partial charge in [-0.05, 0) is 31.7 Å². The molecule has 0 spiro atoms. The summed E-state index contributed by atoms with van der Waals surface area (Å²) in [4.78, 5) is 16.9. The Morgan fingerprint density at radius 2 is 1.81 bits per heavy atom. The van der Waals surface area contributed by atoms with Gasteiger partial charge >= 0.3 is 6.03 Å². The number of carbonyl (C=O) groups is 1. The number of rotatable bonds is 5. The summed E-state index contributed by atoms with van der Waals surface area (Å²) in [7, 11) is 2.17. The largest absolute Gasteiger partial charge is 0.337 e. The highest BCUT2D eigenvalue weighted by Crippen LogP contribution is 2.24. The Balaban J connectivity index is 1.50. The van der Waals surface area contributed by atoms with Crippen molar-refractivity contribution in [1.82, 2.24) is 15.1 Å². The molecule has 0 aromatic heterocycles. The van der Waals surface area contributed by atoms with Crippen LogP contribution in [-0.2, 0) is 0 Å². The third kappa shape index (κ3) is 5.07. The molecule has 3 rings (SSSR count). The first-order chi connectivity index (χ1) is 12.6. The molecule has 1 atom stereocenters. The smallest absolute Gasteiger partial charge is 0.319 e. The first-order valence-corrected chi connectivity index (χ1v) is 9.21. The molecule has 0 unspecified atom stereocenters. The van der Waals surface area contributed by atoms with Crippen LogP contribution in [-0.4, -0.2) is 55.6 Å². The molecule has 1 fully saturated rings. The summed E-state index contributed by atoms with van der Waals surface area (Å²) in [6.07, 6.45) is 0. The summed E-state index contributed by atoms with van der Waals surface area (Å²) in [5.74, 6) is 0. The Hall–Kier alpha value is -2.37. The average Bonchev–Trinajstić information content (AvgIpc) is 2.65. The Morgan fingerprint density at radius 1 is 1.08 bits per heavy atom. The third-order valence-electron chi connectivity index (χ3n) is 4.87. The van der Waals surface area contributed by atoms with Crippen LogP contribution in [0.4, 0.5) is 10.5 Å². The zero-order valence-electron chi connectivity index (χ0n) is 15.6. The van der Waals surface area contributed by atoms with Gasteiger partial charge in [0, 0.05) is 44.5 Å². The van der Waals surface area contributed by atoms with Gasteiger partial charge in [0.2, 0.25) is 0 Å². The summed E-state index contributed by atoms with van der Waals surface area (Å²) >= 11 is 0. The van der Waals surface area contributed by atoms with Crippen molar-refractivity contribution in [1.29, 1.82) is 0 Å². The monoisotopic (exact) mass is 352 g/mol. The highest BCUT2D eigenvalue weighted by atomic mass is 16.2. The SMILES string of the molecule is Cc1ccc(NC(=O)NCCN2CCN(C)C[C@H]2c2ccccc2)cc1. The van der Waals surface area contributed by atoms with Gasteiger partial charge in [-0.1, -0.05) is 48.0 Å². The number of amides is 2. The van der Waals surface area contributed by atoms with Gasteiger partial charge in [-0.25, -0.2) is 4.79 Å². The fourth-order valence-electron chi connectivity index (χ4n) is 3.34. The minimum absolute atomic E-state index is 0.153. The number of hydrogen-bond acceptors (Lipinski definition) is 3. The highest BCUT2D eigenvalue weighted by molar-refractivity contribution is 5.89. The first-order valence-electron chi connectivity index (χ1n) is 9.21. The second-order valence-corrected chi connectivity index (χ2v) is 6.97. The predicted octanol–water partition coefficient (Wildman–Crippen LogP) is 3.11. The van der Waals surface area contributed by atoms with Crippen LogP contribution in [0.5, 0.6) is 0 Å². The van der Waals surface area contributed by atoms with Crippen molar-refractivity contribution < 1.29 is 4.79 Å². The molecule has 0 radical (unpaired) electrons. The van der Waals surface area contributed by atoms with Crippen LogP contribution in [0, 0.1) is 6.92 Å². The van der Waals surface area contributed by atoms with E-state index in [0.717, 1.165) is 31.9 Å². The molecule has 5 heteroatoms. The van der Waals surface area contributed by atoms with Crippen LogP contribution in [0.3, 0.4) is 0 Å². The van der Waals surface area contributed by atoms with Gasteiger partial charge in [0.1, 0.15) is 0 Å². The molecule has 5 nitrogen and oxygen atoms in total. The standard InChI is InChI=1S/C21H28N4O/c1-17-8-10-19(11-9-17)23-21(26)22-12-13-25-15-14-24(2)16-20(25)18-6-4-3-5-7-18/h3-11,20H,12-16H2,1-2H3,(H2,22,23,26)/t20-/m0/s1. The lowest BCUT2D eigenvalue weighted by Crippen LogP contribution is -2.49. The molecular weight excluding hydrogens is 324 g/mol. The van der Waals surface area contributed by atoms with Crippen molar-refractivity contribution >= 4 is 11.7 Å². The van der Waals surface area contributed by atoms with E-state index in [9.17, 15) is 4.79 Å². The van der Waals surface area contributed by atoms with E-state index in [1.54, 1.807) is 0 Å². The summed E-state index contributed by atoms with van der Waals surface area (Å²) in [6, 6.07) is 18.7. The zero-order valence-corrected chi connectivity index (χ0v) is 15.6. The Bertz CT molecular complexity index is 702. The molecule has 1 saturated heterocycles. The second-order valence-electron chi connectivity index (χ2n) is 6.97. The number of nitrogens with zero attached hydrogens (tertiary/aromatic N) is 2. The maximum absolute atomic E-state index is 12.1. The number of urea groups is 1. The molecule has 1 aliphatic rings. The number of hydrogen-bond donors (Lipinski definition) is 2. The van der Waals surface area contributed by atoms with Crippen LogP contribution in [0.1, 0.15) is 17.2 Å². The maximum atomic E-state index is 12.1. The summed E-state index contributed by atoms with van der Waals surface area (Å²) < 4.78 is 0. The molecule has 138 valence electrons. The van der Waals surface area contributed by atoms with Gasteiger partial charge in [-0.3, -0.25) is 4.90 Å². The number of likely N-dealkylation sites (N-methyl/N-ethyl adjacent to an activating group) is 1. The summed E-state index contributed by atoms with van der Waals surface area (Å²) in [5, 5.41) is 5.85. The Kier molecular flexibility index (Phi) is 6.26. The number of anilines is 1. The van der Waals surface area contributed by atoms with E-state index in [1.165, 1.54) is 11.1 Å². The van der Waals surface area contributed by atoms with Crippen LogP contribution in [0.25, 0.3) is 0 Å². The van der Waals surface area contributed by atoms with Gasteiger partial charge in [-0.2, -0.15) is 0 Å². The van der Waals surface area contributed by atoms with Crippen molar-refractivity contribution in [2.24, 2.45) is 0 Å². The molecule has 1 heterocycles. The van der Waals surface area contributed by atoms with Crippen molar-refractivity contribution in [2.75, 3.05) is 45.1 Å². The van der Waals surface area contributed by atoms with Gasteiger partial charge in [-0.15, -0.1) is 0 Å². The number of nitrogens with one attached hydrogen (secondary N) is 2. The van der Waals surface area contributed by atoms with Gasteiger partial charge in [0.15, 0.2) is 0 Å². The van der Waals surface area contributed by atoms with E-state index in [0.29, 0.717) is 12.6 Å². The van der Waals surface area contributed by atoms with Crippen LogP contribution >= 0.6 is 0 Å². The molecular formula is C21H28N4O. The van der Waals surface area contributed by atoms with Gasteiger partial charge in [0.25, 0.3) is 0 Å². The molecule has 0 bridgehead atoms. The van der Waals surface area contributed by atoms with Gasteiger partial charge < -0.3 is 15.5 Å². The average molecular weight is 352 g/mol. The van der Waals surface area contributed by atoms with E-state index < -0.39 is 0 Å². The van der Waals surface area contributed by atoms with Crippen LogP contribution in [0.15, 0.2) is 54.6 Å². The summed E-state index contributed by atoms with van der Waals surface area (Å²) in [5.41, 5.74) is 3.33. The van der Waals surface area contributed by atoms with Crippen molar-refractivity contribution in [3.63, 3.8) is 0 Å². The fourth-order valence-corrected chi connectivity index (χ4v) is 3.34. The molecule has 2 aromatic carbocycles. The van der Waals surface area contributed by atoms with Gasteiger partial charge in [0.05, 0.1) is 0 Å². The maximum Gasteiger partial charge on any atom is 0.319 e. The lowest BCUT2D eigenvalue weighted by Gasteiger charge is -2.40. The quantitative estimate of drug-likeness (QED) is 0.869. The lowest BCUT2D eigenvalue weighted by atomic mass is 10.0.